The predicted molar refractivity (Wildman–Crippen MR) is 87.6 cm³/mol. The van der Waals surface area contributed by atoms with Crippen molar-refractivity contribution in [3.63, 3.8) is 0 Å². The molecule has 0 radical (unpaired) electrons. The number of hydrazine groups is 1. The highest BCUT2D eigenvalue weighted by Gasteiger charge is 2.27. The maximum atomic E-state index is 12.1. The van der Waals surface area contributed by atoms with Crippen LogP contribution in [0, 0.1) is 10.1 Å². The Morgan fingerprint density at radius 2 is 2.08 bits per heavy atom. The van der Waals surface area contributed by atoms with Gasteiger partial charge in [0.2, 0.25) is 6.10 Å². The standard InChI is InChI=1S/C15H13N3O5S/c1-9(14-6-10(8-24-14)18(20)21)16-17-15(19)13-7-22-11-4-2-3-5-12(11)23-13/h2-6,8,13,16H,1,7H2,(H,17,19). The van der Waals surface area contributed by atoms with E-state index in [9.17, 15) is 14.9 Å². The van der Waals surface area contributed by atoms with E-state index in [0.717, 1.165) is 11.3 Å². The lowest BCUT2D eigenvalue weighted by molar-refractivity contribution is -0.384. The molecule has 24 heavy (non-hydrogen) atoms. The van der Waals surface area contributed by atoms with E-state index in [1.54, 1.807) is 18.2 Å². The zero-order chi connectivity index (χ0) is 17.1. The molecule has 2 heterocycles. The van der Waals surface area contributed by atoms with Gasteiger partial charge in [-0.25, -0.2) is 0 Å². The third-order valence-electron chi connectivity index (χ3n) is 3.23. The molecule has 1 aromatic carbocycles. The first-order chi connectivity index (χ1) is 11.5. The number of nitro groups is 1. The van der Waals surface area contributed by atoms with Gasteiger partial charge in [0.1, 0.15) is 6.61 Å². The van der Waals surface area contributed by atoms with Crippen LogP contribution in [0.5, 0.6) is 11.5 Å². The van der Waals surface area contributed by atoms with Crippen molar-refractivity contribution in [2.45, 2.75) is 6.10 Å². The Balaban J connectivity index is 1.56. The van der Waals surface area contributed by atoms with Gasteiger partial charge in [0.15, 0.2) is 11.5 Å². The van der Waals surface area contributed by atoms with E-state index < -0.39 is 16.9 Å². The number of hydrogen-bond donors (Lipinski definition) is 2. The van der Waals surface area contributed by atoms with Crippen LogP contribution in [0.3, 0.4) is 0 Å². The molecule has 0 saturated carbocycles. The highest BCUT2D eigenvalue weighted by atomic mass is 32.1. The topological polar surface area (TPSA) is 103 Å². The first-order valence-corrected chi connectivity index (χ1v) is 7.79. The molecule has 0 saturated heterocycles. The van der Waals surface area contributed by atoms with Gasteiger partial charge in [0.05, 0.1) is 20.9 Å². The molecule has 1 amide bonds. The number of carbonyl (C=O) groups is 1. The van der Waals surface area contributed by atoms with E-state index in [4.69, 9.17) is 9.47 Å². The summed E-state index contributed by atoms with van der Waals surface area (Å²) in [6, 6.07) is 8.45. The molecule has 1 unspecified atom stereocenters. The highest BCUT2D eigenvalue weighted by Crippen LogP contribution is 2.31. The summed E-state index contributed by atoms with van der Waals surface area (Å²) in [4.78, 5) is 22.9. The molecule has 9 heteroatoms. The normalized spacial score (nSPS) is 15.4. The molecule has 0 bridgehead atoms. The van der Waals surface area contributed by atoms with E-state index in [-0.39, 0.29) is 12.3 Å². The number of ether oxygens (including phenoxy) is 2. The summed E-state index contributed by atoms with van der Waals surface area (Å²) < 4.78 is 11.0. The number of hydrogen-bond acceptors (Lipinski definition) is 7. The molecule has 1 atom stereocenters. The molecular formula is C15H13N3O5S. The van der Waals surface area contributed by atoms with Crippen molar-refractivity contribution in [2.24, 2.45) is 0 Å². The average Bonchev–Trinajstić information content (AvgIpc) is 3.09. The molecule has 124 valence electrons. The van der Waals surface area contributed by atoms with Gasteiger partial charge in [0, 0.05) is 6.07 Å². The number of amides is 1. The quantitative estimate of drug-likeness (QED) is 0.634. The van der Waals surface area contributed by atoms with Gasteiger partial charge in [-0.15, -0.1) is 11.3 Å². The van der Waals surface area contributed by atoms with E-state index in [0.29, 0.717) is 22.1 Å². The Morgan fingerprint density at radius 1 is 1.33 bits per heavy atom. The first-order valence-electron chi connectivity index (χ1n) is 6.91. The second-order valence-corrected chi connectivity index (χ2v) is 5.79. The number of thiophene rings is 1. The van der Waals surface area contributed by atoms with Crippen molar-refractivity contribution >= 4 is 28.6 Å². The number of carbonyl (C=O) groups excluding carboxylic acids is 1. The van der Waals surface area contributed by atoms with Crippen LogP contribution in [0.2, 0.25) is 0 Å². The van der Waals surface area contributed by atoms with Crippen LogP contribution in [0.1, 0.15) is 4.88 Å². The highest BCUT2D eigenvalue weighted by molar-refractivity contribution is 7.11. The van der Waals surface area contributed by atoms with E-state index in [1.807, 2.05) is 6.07 Å². The molecule has 2 aromatic rings. The minimum absolute atomic E-state index is 0.0232. The molecule has 3 rings (SSSR count). The van der Waals surface area contributed by atoms with Crippen LogP contribution in [-0.2, 0) is 4.79 Å². The number of fused-ring (bicyclic) bond motifs is 1. The lowest BCUT2D eigenvalue weighted by Gasteiger charge is -2.25. The Morgan fingerprint density at radius 3 is 2.79 bits per heavy atom. The first kappa shape index (κ1) is 15.8. The van der Waals surface area contributed by atoms with Gasteiger partial charge in [-0.05, 0) is 12.1 Å². The fourth-order valence-electron chi connectivity index (χ4n) is 2.01. The number of nitrogens with one attached hydrogen (secondary N) is 2. The molecule has 1 aromatic heterocycles. The molecule has 0 fully saturated rings. The summed E-state index contributed by atoms with van der Waals surface area (Å²) in [5.74, 6) is 0.651. The lowest BCUT2D eigenvalue weighted by Crippen LogP contribution is -2.48. The molecule has 0 aliphatic carbocycles. The van der Waals surface area contributed by atoms with Gasteiger partial charge < -0.3 is 9.47 Å². The summed E-state index contributed by atoms with van der Waals surface area (Å²) >= 11 is 1.15. The zero-order valence-electron chi connectivity index (χ0n) is 12.4. The SMILES string of the molecule is C=C(NNC(=O)C1COc2ccccc2O1)c1cc([N+](=O)[O-])cs1. The summed E-state index contributed by atoms with van der Waals surface area (Å²) in [6.07, 6.45) is -0.808. The maximum Gasteiger partial charge on any atom is 0.282 e. The average molecular weight is 347 g/mol. The number of benzene rings is 1. The molecule has 1 aliphatic heterocycles. The molecule has 8 nitrogen and oxygen atoms in total. The second kappa shape index (κ2) is 6.59. The van der Waals surface area contributed by atoms with Crippen molar-refractivity contribution in [3.8, 4) is 11.5 Å². The fraction of sp³-hybridized carbons (Fsp3) is 0.133. The minimum Gasteiger partial charge on any atom is -0.485 e. The summed E-state index contributed by atoms with van der Waals surface area (Å²) in [7, 11) is 0. The number of nitrogens with zero attached hydrogens (tertiary/aromatic N) is 1. The third kappa shape index (κ3) is 3.30. The smallest absolute Gasteiger partial charge is 0.282 e. The van der Waals surface area contributed by atoms with Crippen molar-refractivity contribution in [1.29, 1.82) is 0 Å². The lowest BCUT2D eigenvalue weighted by atomic mass is 10.2. The van der Waals surface area contributed by atoms with Gasteiger partial charge in [-0.3, -0.25) is 25.8 Å². The van der Waals surface area contributed by atoms with Crippen molar-refractivity contribution in [3.05, 3.63) is 57.3 Å². The van der Waals surface area contributed by atoms with Crippen LogP contribution >= 0.6 is 11.3 Å². The number of para-hydroxylation sites is 2. The largest absolute Gasteiger partial charge is 0.485 e. The second-order valence-electron chi connectivity index (χ2n) is 4.88. The van der Waals surface area contributed by atoms with Crippen molar-refractivity contribution in [2.75, 3.05) is 6.61 Å². The van der Waals surface area contributed by atoms with Crippen LogP contribution in [0.25, 0.3) is 5.70 Å². The van der Waals surface area contributed by atoms with Gasteiger partial charge >= 0.3 is 0 Å². The van der Waals surface area contributed by atoms with Crippen LogP contribution in [0.15, 0.2) is 42.3 Å². The monoisotopic (exact) mass is 347 g/mol. The number of rotatable bonds is 5. The predicted octanol–water partition coefficient (Wildman–Crippen LogP) is 2.09. The molecule has 0 spiro atoms. The Hall–Kier alpha value is -3.07. The van der Waals surface area contributed by atoms with Gasteiger partial charge in [-0.2, -0.15) is 0 Å². The van der Waals surface area contributed by atoms with Crippen LogP contribution in [0.4, 0.5) is 5.69 Å². The van der Waals surface area contributed by atoms with Crippen LogP contribution < -0.4 is 20.3 Å². The molecule has 2 N–H and O–H groups in total. The Labute approximate surface area is 140 Å². The Kier molecular flexibility index (Phi) is 4.34. The van der Waals surface area contributed by atoms with Gasteiger partial charge in [-0.1, -0.05) is 18.7 Å². The summed E-state index contributed by atoms with van der Waals surface area (Å²) in [6.45, 7) is 3.83. The van der Waals surface area contributed by atoms with Crippen LogP contribution in [-0.4, -0.2) is 23.5 Å². The summed E-state index contributed by atoms with van der Waals surface area (Å²) in [5.41, 5.74) is 5.42. The zero-order valence-corrected chi connectivity index (χ0v) is 13.2. The van der Waals surface area contributed by atoms with Crippen molar-refractivity contribution in [1.82, 2.24) is 10.9 Å². The fourth-order valence-corrected chi connectivity index (χ4v) is 2.79. The molecule has 1 aliphatic rings. The Bertz CT molecular complexity index is 804. The van der Waals surface area contributed by atoms with Crippen molar-refractivity contribution < 1.29 is 19.2 Å². The van der Waals surface area contributed by atoms with E-state index in [2.05, 4.69) is 17.4 Å². The van der Waals surface area contributed by atoms with Gasteiger partial charge in [0.25, 0.3) is 11.6 Å². The third-order valence-corrected chi connectivity index (χ3v) is 4.21. The minimum atomic E-state index is -0.808. The maximum absolute atomic E-state index is 12.1. The van der Waals surface area contributed by atoms with E-state index >= 15 is 0 Å². The van der Waals surface area contributed by atoms with E-state index in [1.165, 1.54) is 11.4 Å². The molecular weight excluding hydrogens is 334 g/mol. The summed E-state index contributed by atoms with van der Waals surface area (Å²) in [5, 5.41) is 12.1.